The number of hydrogen-bond acceptors (Lipinski definition) is 5. The molecule has 6 heteroatoms. The second-order valence-corrected chi connectivity index (χ2v) is 6.33. The van der Waals surface area contributed by atoms with Gasteiger partial charge in [0.15, 0.2) is 0 Å². The van der Waals surface area contributed by atoms with Crippen LogP contribution in [0, 0.1) is 0 Å². The van der Waals surface area contributed by atoms with E-state index in [2.05, 4.69) is 5.32 Å². The number of cyclic esters (lactones) is 1. The van der Waals surface area contributed by atoms with Crippen LogP contribution in [-0.2, 0) is 14.3 Å². The van der Waals surface area contributed by atoms with Crippen LogP contribution in [0.2, 0.25) is 0 Å². The molecular formula is C13H21NO4S. The second kappa shape index (κ2) is 6.84. The first-order chi connectivity index (χ1) is 8.78. The average Bonchev–Trinajstić information content (AvgIpc) is 2.29. The molecule has 1 aliphatic rings. The van der Waals surface area contributed by atoms with Crippen LogP contribution < -0.4 is 5.32 Å². The van der Waals surface area contributed by atoms with Gasteiger partial charge in [-0.3, -0.25) is 0 Å². The lowest BCUT2D eigenvalue weighted by Gasteiger charge is -2.23. The molecule has 0 aromatic rings. The van der Waals surface area contributed by atoms with E-state index in [0.29, 0.717) is 12.2 Å². The largest absolute Gasteiger partial charge is 0.461 e. The molecule has 0 fully saturated rings. The highest BCUT2D eigenvalue weighted by Gasteiger charge is 2.26. The van der Waals surface area contributed by atoms with Crippen LogP contribution in [0.15, 0.2) is 11.5 Å². The number of carbonyl (C=O) groups is 2. The molecule has 2 atom stereocenters. The van der Waals surface area contributed by atoms with Crippen LogP contribution in [0.1, 0.15) is 34.1 Å². The maximum absolute atomic E-state index is 11.9. The summed E-state index contributed by atoms with van der Waals surface area (Å²) in [6.45, 7) is 7.14. The first kappa shape index (κ1) is 15.9. The fourth-order valence-corrected chi connectivity index (χ4v) is 2.18. The van der Waals surface area contributed by atoms with Gasteiger partial charge in [-0.1, -0.05) is 6.08 Å². The highest BCUT2D eigenvalue weighted by Crippen LogP contribution is 2.14. The third kappa shape index (κ3) is 6.52. The number of rotatable bonds is 1. The molecule has 0 aliphatic carbocycles. The highest BCUT2D eigenvalue weighted by molar-refractivity contribution is 8.02. The fourth-order valence-electron chi connectivity index (χ4n) is 1.41. The number of alkyl carbamates (subject to hydrolysis) is 1. The van der Waals surface area contributed by atoms with Gasteiger partial charge < -0.3 is 14.8 Å². The summed E-state index contributed by atoms with van der Waals surface area (Å²) in [5.41, 5.74) is -0.590. The Hall–Kier alpha value is -1.17. The number of esters is 1. The van der Waals surface area contributed by atoms with Crippen LogP contribution in [0.4, 0.5) is 4.79 Å². The number of carbonyl (C=O) groups excluding carboxylic acids is 2. The van der Waals surface area contributed by atoms with Gasteiger partial charge in [-0.2, -0.15) is 0 Å². The minimum atomic E-state index is -0.690. The summed E-state index contributed by atoms with van der Waals surface area (Å²) in [7, 11) is 0. The van der Waals surface area contributed by atoms with Gasteiger partial charge in [-0.15, -0.1) is 11.8 Å². The minimum Gasteiger partial charge on any atom is -0.461 e. The zero-order valence-corrected chi connectivity index (χ0v) is 12.6. The molecule has 1 heterocycles. The monoisotopic (exact) mass is 287 g/mol. The molecule has 19 heavy (non-hydrogen) atoms. The summed E-state index contributed by atoms with van der Waals surface area (Å²) in [6.07, 6.45) is 1.84. The van der Waals surface area contributed by atoms with Gasteiger partial charge in [-0.05, 0) is 33.1 Å². The smallest absolute Gasteiger partial charge is 0.408 e. The lowest BCUT2D eigenvalue weighted by Crippen LogP contribution is -2.46. The van der Waals surface area contributed by atoms with E-state index in [0.717, 1.165) is 0 Å². The van der Waals surface area contributed by atoms with Crippen molar-refractivity contribution in [1.29, 1.82) is 0 Å². The molecule has 0 radical (unpaired) electrons. The van der Waals surface area contributed by atoms with Gasteiger partial charge in [0.05, 0.1) is 0 Å². The van der Waals surface area contributed by atoms with Crippen LogP contribution >= 0.6 is 11.8 Å². The molecule has 108 valence electrons. The first-order valence-corrected chi connectivity index (χ1v) is 7.29. The topological polar surface area (TPSA) is 64.6 Å². The third-order valence-electron chi connectivity index (χ3n) is 2.22. The van der Waals surface area contributed by atoms with E-state index in [-0.39, 0.29) is 6.10 Å². The van der Waals surface area contributed by atoms with Crippen molar-refractivity contribution in [2.75, 3.05) is 5.75 Å². The Morgan fingerprint density at radius 1 is 1.53 bits per heavy atom. The predicted octanol–water partition coefficient (Wildman–Crippen LogP) is 2.46. The van der Waals surface area contributed by atoms with Crippen molar-refractivity contribution in [3.63, 3.8) is 0 Å². The molecule has 1 amide bonds. The molecule has 0 spiro atoms. The Morgan fingerprint density at radius 3 is 2.84 bits per heavy atom. The number of ether oxygens (including phenoxy) is 2. The van der Waals surface area contributed by atoms with Crippen molar-refractivity contribution in [2.45, 2.75) is 51.9 Å². The SMILES string of the molecule is C[C@H]1C/C=C\SC[C@H](NC(=O)OC(C)(C)C)C(=O)O1. The summed E-state index contributed by atoms with van der Waals surface area (Å²) in [5.74, 6) is 0.0101. The molecule has 1 aliphatic heterocycles. The number of hydrogen-bond donors (Lipinski definition) is 1. The molecule has 0 aromatic carbocycles. The van der Waals surface area contributed by atoms with Gasteiger partial charge in [0.1, 0.15) is 17.7 Å². The Balaban J connectivity index is 2.60. The van der Waals surface area contributed by atoms with E-state index in [1.54, 1.807) is 20.8 Å². The van der Waals surface area contributed by atoms with Gasteiger partial charge >= 0.3 is 12.1 Å². The number of nitrogens with one attached hydrogen (secondary N) is 1. The number of amides is 1. The Kier molecular flexibility index (Phi) is 5.72. The maximum atomic E-state index is 11.9. The normalized spacial score (nSPS) is 26.4. The third-order valence-corrected chi connectivity index (χ3v) is 3.13. The van der Waals surface area contributed by atoms with Gasteiger partial charge in [-0.25, -0.2) is 9.59 Å². The van der Waals surface area contributed by atoms with E-state index in [4.69, 9.17) is 9.47 Å². The van der Waals surface area contributed by atoms with Gasteiger partial charge in [0.25, 0.3) is 0 Å². The van der Waals surface area contributed by atoms with Crippen molar-refractivity contribution in [3.05, 3.63) is 11.5 Å². The summed E-state index contributed by atoms with van der Waals surface area (Å²) >= 11 is 1.46. The van der Waals surface area contributed by atoms with E-state index in [1.165, 1.54) is 11.8 Å². The zero-order valence-electron chi connectivity index (χ0n) is 11.8. The average molecular weight is 287 g/mol. The van der Waals surface area contributed by atoms with Gasteiger partial charge in [0, 0.05) is 12.2 Å². The Morgan fingerprint density at radius 2 is 2.21 bits per heavy atom. The van der Waals surface area contributed by atoms with Crippen molar-refractivity contribution in [1.82, 2.24) is 5.32 Å². The second-order valence-electron chi connectivity index (χ2n) is 5.39. The lowest BCUT2D eigenvalue weighted by atomic mass is 10.2. The van der Waals surface area contributed by atoms with Crippen LogP contribution in [0.3, 0.4) is 0 Å². The molecule has 5 nitrogen and oxygen atoms in total. The van der Waals surface area contributed by atoms with Crippen molar-refractivity contribution >= 4 is 23.8 Å². The van der Waals surface area contributed by atoms with Crippen LogP contribution in [0.5, 0.6) is 0 Å². The predicted molar refractivity (Wildman–Crippen MR) is 74.9 cm³/mol. The van der Waals surface area contributed by atoms with Crippen molar-refractivity contribution in [2.24, 2.45) is 0 Å². The van der Waals surface area contributed by atoms with Crippen molar-refractivity contribution < 1.29 is 19.1 Å². The molecular weight excluding hydrogens is 266 g/mol. The minimum absolute atomic E-state index is 0.189. The Labute approximate surface area is 118 Å². The quantitative estimate of drug-likeness (QED) is 0.751. The summed E-state index contributed by atoms with van der Waals surface area (Å²) in [4.78, 5) is 23.6. The van der Waals surface area contributed by atoms with Crippen LogP contribution in [0.25, 0.3) is 0 Å². The van der Waals surface area contributed by atoms with Crippen LogP contribution in [-0.4, -0.2) is 35.6 Å². The van der Waals surface area contributed by atoms with Gasteiger partial charge in [0.2, 0.25) is 0 Å². The highest BCUT2D eigenvalue weighted by atomic mass is 32.2. The summed E-state index contributed by atoms with van der Waals surface area (Å²) in [6, 6.07) is -0.690. The van der Waals surface area contributed by atoms with Crippen molar-refractivity contribution in [3.8, 4) is 0 Å². The molecule has 0 unspecified atom stereocenters. The molecule has 1 N–H and O–H groups in total. The van der Waals surface area contributed by atoms with E-state index < -0.39 is 23.7 Å². The molecule has 0 saturated carbocycles. The molecule has 0 aromatic heterocycles. The molecule has 0 bridgehead atoms. The summed E-state index contributed by atoms with van der Waals surface area (Å²) < 4.78 is 10.4. The fraction of sp³-hybridized carbons (Fsp3) is 0.692. The standard InChI is InChI=1S/C13H21NO4S/c1-9-6-5-7-19-8-10(11(15)17-9)14-12(16)18-13(2,3)4/h5,7,9-10H,6,8H2,1-4H3,(H,14,16)/b7-5-/t9-,10-/m0/s1. The molecule has 0 saturated heterocycles. The lowest BCUT2D eigenvalue weighted by molar-refractivity contribution is -0.149. The van der Waals surface area contributed by atoms with E-state index in [1.807, 2.05) is 18.4 Å². The number of thioether (sulfide) groups is 1. The first-order valence-electron chi connectivity index (χ1n) is 6.24. The summed E-state index contributed by atoms with van der Waals surface area (Å²) in [5, 5.41) is 4.47. The maximum Gasteiger partial charge on any atom is 0.408 e. The zero-order chi connectivity index (χ0) is 14.5. The molecule has 1 rings (SSSR count). The Bertz CT molecular complexity index is 362. The van der Waals surface area contributed by atoms with E-state index in [9.17, 15) is 9.59 Å². The van der Waals surface area contributed by atoms with E-state index >= 15 is 0 Å².